The van der Waals surface area contributed by atoms with Gasteiger partial charge in [-0.1, -0.05) is 0 Å². The summed E-state index contributed by atoms with van der Waals surface area (Å²) in [6.07, 6.45) is 0. The number of hydrogen-bond acceptors (Lipinski definition) is 3. The smallest absolute Gasteiger partial charge is 0.340 e. The Morgan fingerprint density at radius 3 is 2.77 bits per heavy atom. The first-order valence-corrected chi connectivity index (χ1v) is 4.19. The summed E-state index contributed by atoms with van der Waals surface area (Å²) in [6, 6.07) is 2.80. The van der Waals surface area contributed by atoms with Crippen molar-refractivity contribution in [1.82, 2.24) is 0 Å². The van der Waals surface area contributed by atoms with E-state index in [0.29, 0.717) is 4.47 Å². The third kappa shape index (κ3) is 1.80. The SMILES string of the molecule is COC(=O)c1ccc(Br)c(N)c1F. The number of carbonyl (C=O) groups excluding carboxylic acids is 1. The molecule has 5 heteroatoms. The number of rotatable bonds is 1. The molecular formula is C8H7BrFNO2. The first-order chi connectivity index (χ1) is 6.07. The number of esters is 1. The van der Waals surface area contributed by atoms with E-state index in [1.54, 1.807) is 0 Å². The van der Waals surface area contributed by atoms with Crippen molar-refractivity contribution in [3.63, 3.8) is 0 Å². The highest BCUT2D eigenvalue weighted by Gasteiger charge is 2.15. The van der Waals surface area contributed by atoms with Crippen LogP contribution < -0.4 is 5.73 Å². The molecule has 3 nitrogen and oxygen atoms in total. The minimum atomic E-state index is -0.763. The number of methoxy groups -OCH3 is 1. The molecule has 1 aromatic carbocycles. The van der Waals surface area contributed by atoms with Crippen LogP contribution in [0.1, 0.15) is 10.4 Å². The quantitative estimate of drug-likeness (QED) is 0.610. The maximum atomic E-state index is 13.2. The standard InChI is InChI=1S/C8H7BrFNO2/c1-13-8(12)4-2-3-5(9)7(11)6(4)10/h2-3H,11H2,1H3. The fourth-order valence-electron chi connectivity index (χ4n) is 0.837. The summed E-state index contributed by atoms with van der Waals surface area (Å²) in [6.45, 7) is 0. The monoisotopic (exact) mass is 247 g/mol. The molecule has 0 heterocycles. The molecule has 0 aromatic heterocycles. The molecule has 0 fully saturated rings. The second kappa shape index (κ2) is 3.74. The largest absolute Gasteiger partial charge is 0.465 e. The van der Waals surface area contributed by atoms with E-state index in [9.17, 15) is 9.18 Å². The molecule has 0 saturated heterocycles. The fourth-order valence-corrected chi connectivity index (χ4v) is 1.14. The summed E-state index contributed by atoms with van der Waals surface area (Å²) in [5.74, 6) is -1.50. The molecule has 0 saturated carbocycles. The highest BCUT2D eigenvalue weighted by Crippen LogP contribution is 2.25. The molecule has 0 bridgehead atoms. The summed E-state index contributed by atoms with van der Waals surface area (Å²) in [7, 11) is 1.18. The average Bonchev–Trinajstić information content (AvgIpc) is 2.13. The molecule has 0 spiro atoms. The van der Waals surface area contributed by atoms with Crippen molar-refractivity contribution in [3.8, 4) is 0 Å². The zero-order valence-corrected chi connectivity index (χ0v) is 8.39. The molecule has 0 aliphatic carbocycles. The normalized spacial score (nSPS) is 9.77. The number of ether oxygens (including phenoxy) is 1. The van der Waals surface area contributed by atoms with Crippen molar-refractivity contribution in [2.45, 2.75) is 0 Å². The number of carbonyl (C=O) groups is 1. The molecule has 0 aliphatic heterocycles. The Balaban J connectivity index is 3.26. The molecule has 70 valence electrons. The second-order valence-corrected chi connectivity index (χ2v) is 3.17. The van der Waals surface area contributed by atoms with E-state index in [4.69, 9.17) is 5.73 Å². The van der Waals surface area contributed by atoms with Gasteiger partial charge in [0.15, 0.2) is 5.82 Å². The molecule has 0 amide bonds. The van der Waals surface area contributed by atoms with Crippen LogP contribution in [0.5, 0.6) is 0 Å². The minimum absolute atomic E-state index is 0.0945. The minimum Gasteiger partial charge on any atom is -0.465 e. The van der Waals surface area contributed by atoms with E-state index in [0.717, 1.165) is 0 Å². The van der Waals surface area contributed by atoms with Gasteiger partial charge in [-0.3, -0.25) is 0 Å². The van der Waals surface area contributed by atoms with E-state index in [1.807, 2.05) is 0 Å². The number of nitrogen functional groups attached to an aromatic ring is 1. The van der Waals surface area contributed by atoms with Crippen LogP contribution in [0.25, 0.3) is 0 Å². The number of benzene rings is 1. The van der Waals surface area contributed by atoms with Crippen LogP contribution in [0.2, 0.25) is 0 Å². The Hall–Kier alpha value is -1.10. The molecule has 2 N–H and O–H groups in total. The van der Waals surface area contributed by atoms with E-state index in [2.05, 4.69) is 20.7 Å². The molecule has 1 aromatic rings. The molecule has 0 radical (unpaired) electrons. The van der Waals surface area contributed by atoms with Crippen molar-refractivity contribution in [2.24, 2.45) is 0 Å². The Kier molecular flexibility index (Phi) is 2.87. The van der Waals surface area contributed by atoms with Crippen molar-refractivity contribution in [1.29, 1.82) is 0 Å². The summed E-state index contributed by atoms with van der Waals surface area (Å²) in [4.78, 5) is 11.0. The lowest BCUT2D eigenvalue weighted by molar-refractivity contribution is 0.0595. The first-order valence-electron chi connectivity index (χ1n) is 3.39. The van der Waals surface area contributed by atoms with Gasteiger partial charge in [-0.05, 0) is 28.1 Å². The van der Waals surface area contributed by atoms with Gasteiger partial charge in [-0.2, -0.15) is 0 Å². The lowest BCUT2D eigenvalue weighted by atomic mass is 10.2. The first kappa shape index (κ1) is 9.98. The molecule has 0 unspecified atom stereocenters. The number of hydrogen-bond donors (Lipinski definition) is 1. The maximum Gasteiger partial charge on any atom is 0.340 e. The topological polar surface area (TPSA) is 52.3 Å². The predicted octanol–water partition coefficient (Wildman–Crippen LogP) is 1.96. The molecule has 0 atom stereocenters. The van der Waals surface area contributed by atoms with Gasteiger partial charge >= 0.3 is 5.97 Å². The molecular weight excluding hydrogens is 241 g/mol. The van der Waals surface area contributed by atoms with Crippen LogP contribution in [0.4, 0.5) is 10.1 Å². The Bertz CT molecular complexity index is 354. The lowest BCUT2D eigenvalue weighted by Gasteiger charge is -2.04. The summed E-state index contributed by atoms with van der Waals surface area (Å²) < 4.78 is 18.0. The fraction of sp³-hybridized carbons (Fsp3) is 0.125. The highest BCUT2D eigenvalue weighted by molar-refractivity contribution is 9.10. The van der Waals surface area contributed by atoms with Crippen LogP contribution in [0, 0.1) is 5.82 Å². The highest BCUT2D eigenvalue weighted by atomic mass is 79.9. The summed E-state index contributed by atoms with van der Waals surface area (Å²) >= 11 is 3.03. The van der Waals surface area contributed by atoms with Crippen molar-refractivity contribution >= 4 is 27.6 Å². The zero-order chi connectivity index (χ0) is 10.0. The van der Waals surface area contributed by atoms with E-state index >= 15 is 0 Å². The van der Waals surface area contributed by atoms with Gasteiger partial charge in [0.2, 0.25) is 0 Å². The van der Waals surface area contributed by atoms with Crippen LogP contribution in [0.15, 0.2) is 16.6 Å². The molecule has 1 rings (SSSR count). The number of anilines is 1. The van der Waals surface area contributed by atoms with Crippen LogP contribution in [-0.2, 0) is 4.74 Å². The van der Waals surface area contributed by atoms with Crippen molar-refractivity contribution in [3.05, 3.63) is 28.0 Å². The Morgan fingerprint density at radius 1 is 1.62 bits per heavy atom. The van der Waals surface area contributed by atoms with Gasteiger partial charge in [0, 0.05) is 4.47 Å². The summed E-state index contributed by atoms with van der Waals surface area (Å²) in [5.41, 5.74) is 5.09. The van der Waals surface area contributed by atoms with Gasteiger partial charge in [0.25, 0.3) is 0 Å². The number of nitrogens with two attached hydrogens (primary N) is 1. The van der Waals surface area contributed by atoms with Gasteiger partial charge < -0.3 is 10.5 Å². The predicted molar refractivity (Wildman–Crippen MR) is 49.9 cm³/mol. The van der Waals surface area contributed by atoms with Crippen LogP contribution in [0.3, 0.4) is 0 Å². The lowest BCUT2D eigenvalue weighted by Crippen LogP contribution is -2.06. The van der Waals surface area contributed by atoms with Crippen LogP contribution >= 0.6 is 15.9 Å². The third-order valence-corrected chi connectivity index (χ3v) is 2.22. The van der Waals surface area contributed by atoms with Gasteiger partial charge in [-0.25, -0.2) is 9.18 Å². The number of halogens is 2. The summed E-state index contributed by atoms with van der Waals surface area (Å²) in [5, 5.41) is 0. The van der Waals surface area contributed by atoms with Crippen molar-refractivity contribution < 1.29 is 13.9 Å². The Morgan fingerprint density at radius 2 is 2.23 bits per heavy atom. The third-order valence-electron chi connectivity index (χ3n) is 1.53. The molecule has 13 heavy (non-hydrogen) atoms. The van der Waals surface area contributed by atoms with Crippen molar-refractivity contribution in [2.75, 3.05) is 12.8 Å². The van der Waals surface area contributed by atoms with Gasteiger partial charge in [0.05, 0.1) is 18.4 Å². The average molecular weight is 248 g/mol. The van der Waals surface area contributed by atoms with E-state index < -0.39 is 11.8 Å². The van der Waals surface area contributed by atoms with Crippen LogP contribution in [-0.4, -0.2) is 13.1 Å². The van der Waals surface area contributed by atoms with E-state index in [-0.39, 0.29) is 11.3 Å². The van der Waals surface area contributed by atoms with Gasteiger partial charge in [0.1, 0.15) is 0 Å². The second-order valence-electron chi connectivity index (χ2n) is 2.31. The Labute approximate surface area is 82.8 Å². The van der Waals surface area contributed by atoms with Gasteiger partial charge in [-0.15, -0.1) is 0 Å². The maximum absolute atomic E-state index is 13.2. The molecule has 0 aliphatic rings. The zero-order valence-electron chi connectivity index (χ0n) is 6.80. The van der Waals surface area contributed by atoms with E-state index in [1.165, 1.54) is 19.2 Å².